The Balaban J connectivity index is 1.65. The van der Waals surface area contributed by atoms with Crippen LogP contribution in [0.4, 0.5) is 10.1 Å². The monoisotopic (exact) mass is 302 g/mol. The van der Waals surface area contributed by atoms with Gasteiger partial charge in [-0.25, -0.2) is 4.39 Å². The molecule has 0 aliphatic carbocycles. The molecule has 0 atom stereocenters. The second-order valence-electron chi connectivity index (χ2n) is 4.23. The first-order valence-corrected chi connectivity index (χ1v) is 7.19. The average molecular weight is 302 g/mol. The molecule has 3 aromatic rings. The van der Waals surface area contributed by atoms with Crippen LogP contribution in [0.3, 0.4) is 0 Å². The third-order valence-corrected chi connectivity index (χ3v) is 3.71. The lowest BCUT2D eigenvalue weighted by Crippen LogP contribution is -2.15. The number of halogens is 1. The van der Waals surface area contributed by atoms with Crippen molar-refractivity contribution in [2.24, 2.45) is 0 Å². The van der Waals surface area contributed by atoms with Crippen LogP contribution in [0.1, 0.15) is 0 Å². The van der Waals surface area contributed by atoms with Crippen LogP contribution in [0, 0.1) is 5.82 Å². The van der Waals surface area contributed by atoms with Gasteiger partial charge in [-0.05, 0) is 24.3 Å². The summed E-state index contributed by atoms with van der Waals surface area (Å²) in [5.74, 6) is -0.620. The van der Waals surface area contributed by atoms with Gasteiger partial charge >= 0.3 is 0 Å². The fourth-order valence-electron chi connectivity index (χ4n) is 1.80. The molecule has 5 nitrogen and oxygen atoms in total. The average Bonchev–Trinajstić information content (AvgIpc) is 2.91. The van der Waals surface area contributed by atoms with Crippen molar-refractivity contribution in [3.05, 3.63) is 54.5 Å². The van der Waals surface area contributed by atoms with Gasteiger partial charge in [-0.1, -0.05) is 30.0 Å². The van der Waals surface area contributed by atoms with Gasteiger partial charge in [0.15, 0.2) is 10.8 Å². The van der Waals surface area contributed by atoms with Gasteiger partial charge in [-0.15, -0.1) is 10.2 Å². The zero-order valence-corrected chi connectivity index (χ0v) is 11.7. The molecule has 1 N–H and O–H groups in total. The number of fused-ring (bicyclic) bond motifs is 1. The number of benzene rings is 1. The van der Waals surface area contributed by atoms with Crippen LogP contribution < -0.4 is 5.32 Å². The van der Waals surface area contributed by atoms with E-state index in [1.54, 1.807) is 16.5 Å². The number of pyridine rings is 1. The van der Waals surface area contributed by atoms with Crippen LogP contribution in [0.15, 0.2) is 53.8 Å². The quantitative estimate of drug-likeness (QED) is 0.753. The van der Waals surface area contributed by atoms with E-state index in [2.05, 4.69) is 15.5 Å². The zero-order chi connectivity index (χ0) is 14.7. The van der Waals surface area contributed by atoms with Crippen molar-refractivity contribution in [1.82, 2.24) is 14.6 Å². The summed E-state index contributed by atoms with van der Waals surface area (Å²) in [7, 11) is 0. The molecule has 0 radical (unpaired) electrons. The number of nitrogens with zero attached hydrogens (tertiary/aromatic N) is 3. The van der Waals surface area contributed by atoms with Crippen molar-refractivity contribution in [3.8, 4) is 0 Å². The number of amides is 1. The van der Waals surface area contributed by atoms with Gasteiger partial charge in [0.2, 0.25) is 5.91 Å². The SMILES string of the molecule is O=C(CSc1nnc2ccccn12)Nc1ccccc1F. The molecule has 0 aliphatic rings. The van der Waals surface area contributed by atoms with Gasteiger partial charge in [0, 0.05) is 6.20 Å². The van der Waals surface area contributed by atoms with Crippen molar-refractivity contribution in [2.75, 3.05) is 11.1 Å². The molecule has 0 saturated carbocycles. The van der Waals surface area contributed by atoms with Gasteiger partial charge in [-0.2, -0.15) is 0 Å². The minimum atomic E-state index is -0.455. The van der Waals surface area contributed by atoms with Crippen LogP contribution in [0.2, 0.25) is 0 Å². The van der Waals surface area contributed by atoms with E-state index >= 15 is 0 Å². The predicted octanol–water partition coefficient (Wildman–Crippen LogP) is 2.60. The predicted molar refractivity (Wildman–Crippen MR) is 78.7 cm³/mol. The van der Waals surface area contributed by atoms with Crippen LogP contribution >= 0.6 is 11.8 Å². The number of para-hydroxylation sites is 1. The number of anilines is 1. The molecule has 3 rings (SSSR count). The highest BCUT2D eigenvalue weighted by Crippen LogP contribution is 2.18. The van der Waals surface area contributed by atoms with Crippen molar-refractivity contribution in [2.45, 2.75) is 5.16 Å². The number of carbonyl (C=O) groups is 1. The van der Waals surface area contributed by atoms with Crippen molar-refractivity contribution in [3.63, 3.8) is 0 Å². The summed E-state index contributed by atoms with van der Waals surface area (Å²) in [4.78, 5) is 11.8. The molecule has 21 heavy (non-hydrogen) atoms. The fraction of sp³-hybridized carbons (Fsp3) is 0.0714. The maximum absolute atomic E-state index is 13.4. The van der Waals surface area contributed by atoms with Crippen molar-refractivity contribution in [1.29, 1.82) is 0 Å². The molecular formula is C14H11FN4OS. The number of hydrogen-bond donors (Lipinski definition) is 1. The normalized spacial score (nSPS) is 10.7. The fourth-order valence-corrected chi connectivity index (χ4v) is 2.52. The Labute approximate surface area is 124 Å². The molecule has 0 bridgehead atoms. The Morgan fingerprint density at radius 2 is 2.00 bits per heavy atom. The van der Waals surface area contributed by atoms with E-state index in [1.165, 1.54) is 23.9 Å². The molecule has 1 aromatic carbocycles. The van der Waals surface area contributed by atoms with E-state index in [0.29, 0.717) is 5.16 Å². The molecule has 2 aromatic heterocycles. The van der Waals surface area contributed by atoms with Crippen LogP contribution in [0.25, 0.3) is 5.65 Å². The first-order chi connectivity index (χ1) is 10.2. The Morgan fingerprint density at radius 3 is 2.86 bits per heavy atom. The summed E-state index contributed by atoms with van der Waals surface area (Å²) in [6, 6.07) is 11.6. The third kappa shape index (κ3) is 3.03. The summed E-state index contributed by atoms with van der Waals surface area (Å²) >= 11 is 1.24. The lowest BCUT2D eigenvalue weighted by atomic mass is 10.3. The first kappa shape index (κ1) is 13.6. The van der Waals surface area contributed by atoms with Crippen LogP contribution in [-0.2, 0) is 4.79 Å². The van der Waals surface area contributed by atoms with Gasteiger partial charge in [0.05, 0.1) is 11.4 Å². The van der Waals surface area contributed by atoms with Crippen molar-refractivity contribution >= 4 is 29.0 Å². The van der Waals surface area contributed by atoms with E-state index < -0.39 is 5.82 Å². The van der Waals surface area contributed by atoms with Crippen LogP contribution in [-0.4, -0.2) is 26.3 Å². The summed E-state index contributed by atoms with van der Waals surface area (Å²) < 4.78 is 15.2. The second-order valence-corrected chi connectivity index (χ2v) is 5.17. The lowest BCUT2D eigenvalue weighted by molar-refractivity contribution is -0.113. The Kier molecular flexibility index (Phi) is 3.83. The van der Waals surface area contributed by atoms with E-state index in [0.717, 1.165) is 5.65 Å². The highest BCUT2D eigenvalue weighted by atomic mass is 32.2. The molecule has 0 saturated heterocycles. The number of carbonyl (C=O) groups excluding carboxylic acids is 1. The van der Waals surface area contributed by atoms with Crippen molar-refractivity contribution < 1.29 is 9.18 Å². The minimum Gasteiger partial charge on any atom is -0.323 e. The molecule has 0 spiro atoms. The second kappa shape index (κ2) is 5.92. The molecular weight excluding hydrogens is 291 g/mol. The van der Waals surface area contributed by atoms with Gasteiger partial charge < -0.3 is 5.32 Å². The number of rotatable bonds is 4. The smallest absolute Gasteiger partial charge is 0.234 e. The van der Waals surface area contributed by atoms with E-state index in [-0.39, 0.29) is 17.3 Å². The lowest BCUT2D eigenvalue weighted by Gasteiger charge is -2.05. The van der Waals surface area contributed by atoms with Crippen LogP contribution in [0.5, 0.6) is 0 Å². The molecule has 0 fully saturated rings. The summed E-state index contributed by atoms with van der Waals surface area (Å²) in [5, 5.41) is 11.2. The third-order valence-electron chi connectivity index (χ3n) is 2.76. The summed E-state index contributed by atoms with van der Waals surface area (Å²) in [5.41, 5.74) is 0.892. The number of thioether (sulfide) groups is 1. The molecule has 2 heterocycles. The van der Waals surface area contributed by atoms with E-state index in [9.17, 15) is 9.18 Å². The maximum Gasteiger partial charge on any atom is 0.234 e. The molecule has 0 aliphatic heterocycles. The highest BCUT2D eigenvalue weighted by molar-refractivity contribution is 7.99. The molecule has 0 unspecified atom stereocenters. The zero-order valence-electron chi connectivity index (χ0n) is 10.9. The first-order valence-electron chi connectivity index (χ1n) is 6.21. The highest BCUT2D eigenvalue weighted by Gasteiger charge is 2.10. The van der Waals surface area contributed by atoms with Gasteiger partial charge in [0.25, 0.3) is 0 Å². The van der Waals surface area contributed by atoms with E-state index in [4.69, 9.17) is 0 Å². The molecule has 106 valence electrons. The number of nitrogens with one attached hydrogen (secondary N) is 1. The molecule has 7 heteroatoms. The Morgan fingerprint density at radius 1 is 1.19 bits per heavy atom. The Hall–Kier alpha value is -2.41. The standard InChI is InChI=1S/C14H11FN4OS/c15-10-5-1-2-6-11(10)16-13(20)9-21-14-18-17-12-7-3-4-8-19(12)14/h1-8H,9H2,(H,16,20). The topological polar surface area (TPSA) is 59.3 Å². The molecule has 1 amide bonds. The summed E-state index contributed by atoms with van der Waals surface area (Å²) in [6.45, 7) is 0. The van der Waals surface area contributed by atoms with E-state index in [1.807, 2.05) is 24.4 Å². The minimum absolute atomic E-state index is 0.129. The maximum atomic E-state index is 13.4. The number of aromatic nitrogens is 3. The summed E-state index contributed by atoms with van der Waals surface area (Å²) in [6.07, 6.45) is 1.83. The Bertz CT molecular complexity index is 789. The van der Waals surface area contributed by atoms with Gasteiger partial charge in [0.1, 0.15) is 5.82 Å². The largest absolute Gasteiger partial charge is 0.323 e. The van der Waals surface area contributed by atoms with Gasteiger partial charge in [-0.3, -0.25) is 9.20 Å². The number of hydrogen-bond acceptors (Lipinski definition) is 4.